The first-order valence-electron chi connectivity index (χ1n) is 10.0. The standard InChI is InChI=1S/C22H28N4O3S/c1-4-23-22(28)25(11-12-29-3)15-21(27)26-19(17-9-7-16(2)8-10-17)14-18(24-26)20-6-5-13-30-20/h5-10,13,19H,4,11-12,14-15H2,1-3H3,(H,23,28)/t19-/m1/s1. The Balaban J connectivity index is 1.84. The van der Waals surface area contributed by atoms with Gasteiger partial charge in [0, 0.05) is 26.6 Å². The van der Waals surface area contributed by atoms with E-state index in [1.807, 2.05) is 55.6 Å². The minimum atomic E-state index is -0.281. The summed E-state index contributed by atoms with van der Waals surface area (Å²) in [6, 6.07) is 11.7. The molecule has 8 heteroatoms. The van der Waals surface area contributed by atoms with E-state index >= 15 is 0 Å². The number of hydrogen-bond acceptors (Lipinski definition) is 5. The molecule has 1 aliphatic rings. The highest BCUT2D eigenvalue weighted by molar-refractivity contribution is 7.12. The van der Waals surface area contributed by atoms with Crippen molar-refractivity contribution in [1.29, 1.82) is 0 Å². The number of hydrazone groups is 1. The average molecular weight is 429 g/mol. The fourth-order valence-corrected chi connectivity index (χ4v) is 4.05. The zero-order valence-electron chi connectivity index (χ0n) is 17.6. The lowest BCUT2D eigenvalue weighted by Gasteiger charge is -2.27. The molecular weight excluding hydrogens is 400 g/mol. The number of methoxy groups -OCH3 is 1. The van der Waals surface area contributed by atoms with Crippen LogP contribution in [0.1, 0.15) is 35.4 Å². The molecule has 0 unspecified atom stereocenters. The number of thiophene rings is 1. The molecule has 0 saturated heterocycles. The van der Waals surface area contributed by atoms with Gasteiger partial charge >= 0.3 is 6.03 Å². The van der Waals surface area contributed by atoms with Crippen molar-refractivity contribution in [1.82, 2.24) is 15.2 Å². The number of rotatable bonds is 8. The molecule has 0 fully saturated rings. The summed E-state index contributed by atoms with van der Waals surface area (Å²) in [7, 11) is 1.57. The molecule has 0 bridgehead atoms. The molecule has 7 nitrogen and oxygen atoms in total. The topological polar surface area (TPSA) is 74.2 Å². The lowest BCUT2D eigenvalue weighted by molar-refractivity contribution is -0.133. The third kappa shape index (κ3) is 5.25. The van der Waals surface area contributed by atoms with E-state index in [2.05, 4.69) is 10.4 Å². The molecule has 1 aromatic carbocycles. The van der Waals surface area contributed by atoms with Gasteiger partial charge < -0.3 is 15.0 Å². The minimum Gasteiger partial charge on any atom is -0.383 e. The van der Waals surface area contributed by atoms with E-state index in [1.165, 1.54) is 4.90 Å². The summed E-state index contributed by atoms with van der Waals surface area (Å²) in [5.74, 6) is -0.213. The van der Waals surface area contributed by atoms with Crippen LogP contribution >= 0.6 is 11.3 Å². The van der Waals surface area contributed by atoms with Crippen LogP contribution in [0.15, 0.2) is 46.9 Å². The summed E-state index contributed by atoms with van der Waals surface area (Å²) in [5, 5.41) is 11.0. The largest absolute Gasteiger partial charge is 0.383 e. The first kappa shape index (κ1) is 22.0. The number of carbonyl (C=O) groups excluding carboxylic acids is 2. The van der Waals surface area contributed by atoms with Crippen molar-refractivity contribution in [2.45, 2.75) is 26.3 Å². The molecular formula is C22H28N4O3S. The molecule has 0 aliphatic carbocycles. The first-order valence-corrected chi connectivity index (χ1v) is 10.9. The highest BCUT2D eigenvalue weighted by Crippen LogP contribution is 2.34. The molecule has 2 heterocycles. The Kier molecular flexibility index (Phi) is 7.59. The van der Waals surface area contributed by atoms with Crippen LogP contribution in [-0.4, -0.2) is 60.9 Å². The number of amides is 3. The van der Waals surface area contributed by atoms with Gasteiger partial charge in [0.05, 0.1) is 23.2 Å². The molecule has 1 atom stereocenters. The lowest BCUT2D eigenvalue weighted by Crippen LogP contribution is -2.47. The third-order valence-corrected chi connectivity index (χ3v) is 5.86. The second kappa shape index (κ2) is 10.4. The smallest absolute Gasteiger partial charge is 0.317 e. The molecule has 0 radical (unpaired) electrons. The maximum Gasteiger partial charge on any atom is 0.317 e. The molecule has 1 N–H and O–H groups in total. The van der Waals surface area contributed by atoms with E-state index in [0.717, 1.165) is 21.7 Å². The van der Waals surface area contributed by atoms with Gasteiger partial charge in [-0.15, -0.1) is 11.3 Å². The van der Waals surface area contributed by atoms with Crippen LogP contribution in [0.2, 0.25) is 0 Å². The Bertz CT molecular complexity index is 880. The minimum absolute atomic E-state index is 0.0568. The van der Waals surface area contributed by atoms with E-state index in [-0.39, 0.29) is 24.5 Å². The van der Waals surface area contributed by atoms with Gasteiger partial charge in [0.2, 0.25) is 0 Å². The van der Waals surface area contributed by atoms with Crippen molar-refractivity contribution in [3.8, 4) is 0 Å². The SMILES string of the molecule is CCNC(=O)N(CCOC)CC(=O)N1N=C(c2cccs2)C[C@@H]1c1ccc(C)cc1. The molecule has 1 aliphatic heterocycles. The van der Waals surface area contributed by atoms with Crippen molar-refractivity contribution >= 4 is 29.0 Å². The predicted molar refractivity (Wildman–Crippen MR) is 119 cm³/mol. The Morgan fingerprint density at radius 1 is 1.30 bits per heavy atom. The number of urea groups is 1. The van der Waals surface area contributed by atoms with E-state index in [0.29, 0.717) is 26.1 Å². The van der Waals surface area contributed by atoms with Crippen LogP contribution in [0.3, 0.4) is 0 Å². The summed E-state index contributed by atoms with van der Waals surface area (Å²) in [6.45, 7) is 5.01. The van der Waals surface area contributed by atoms with Crippen LogP contribution in [0.5, 0.6) is 0 Å². The van der Waals surface area contributed by atoms with Crippen LogP contribution in [0.25, 0.3) is 0 Å². The summed E-state index contributed by atoms with van der Waals surface area (Å²) < 4.78 is 5.10. The highest BCUT2D eigenvalue weighted by atomic mass is 32.1. The quantitative estimate of drug-likeness (QED) is 0.700. The average Bonchev–Trinajstić information content (AvgIpc) is 3.41. The summed E-state index contributed by atoms with van der Waals surface area (Å²) in [6.07, 6.45) is 0.647. The zero-order chi connectivity index (χ0) is 21.5. The van der Waals surface area contributed by atoms with Crippen molar-refractivity contribution in [2.75, 3.05) is 33.4 Å². The van der Waals surface area contributed by atoms with Crippen molar-refractivity contribution in [3.63, 3.8) is 0 Å². The van der Waals surface area contributed by atoms with Crippen molar-refractivity contribution < 1.29 is 14.3 Å². The van der Waals surface area contributed by atoms with Gasteiger partial charge in [0.1, 0.15) is 6.54 Å². The number of ether oxygens (including phenoxy) is 1. The van der Waals surface area contributed by atoms with E-state index in [4.69, 9.17) is 4.74 Å². The van der Waals surface area contributed by atoms with E-state index in [9.17, 15) is 9.59 Å². The fraction of sp³-hybridized carbons (Fsp3) is 0.409. The zero-order valence-corrected chi connectivity index (χ0v) is 18.4. The number of nitrogens with one attached hydrogen (secondary N) is 1. The fourth-order valence-electron chi connectivity index (χ4n) is 3.33. The van der Waals surface area contributed by atoms with Crippen molar-refractivity contribution in [2.24, 2.45) is 5.10 Å². The number of aryl methyl sites for hydroxylation is 1. The first-order chi connectivity index (χ1) is 14.5. The van der Waals surface area contributed by atoms with Gasteiger partial charge in [0.25, 0.3) is 5.91 Å². The van der Waals surface area contributed by atoms with Crippen LogP contribution in [0, 0.1) is 6.92 Å². The van der Waals surface area contributed by atoms with Gasteiger partial charge in [0.15, 0.2) is 0 Å². The predicted octanol–water partition coefficient (Wildman–Crippen LogP) is 3.41. The van der Waals surface area contributed by atoms with Gasteiger partial charge in [-0.2, -0.15) is 5.10 Å². The lowest BCUT2D eigenvalue weighted by atomic mass is 10.00. The molecule has 0 spiro atoms. The monoisotopic (exact) mass is 428 g/mol. The summed E-state index contributed by atoms with van der Waals surface area (Å²) in [5.41, 5.74) is 3.09. The third-order valence-electron chi connectivity index (χ3n) is 4.94. The molecule has 30 heavy (non-hydrogen) atoms. The second-order valence-electron chi connectivity index (χ2n) is 7.14. The van der Waals surface area contributed by atoms with E-state index in [1.54, 1.807) is 23.5 Å². The van der Waals surface area contributed by atoms with Crippen LogP contribution in [0.4, 0.5) is 4.79 Å². The highest BCUT2D eigenvalue weighted by Gasteiger charge is 2.34. The van der Waals surface area contributed by atoms with E-state index < -0.39 is 0 Å². The molecule has 0 saturated carbocycles. The Morgan fingerprint density at radius 3 is 2.70 bits per heavy atom. The second-order valence-corrected chi connectivity index (χ2v) is 8.09. The van der Waals surface area contributed by atoms with Gasteiger partial charge in [-0.1, -0.05) is 35.9 Å². The van der Waals surface area contributed by atoms with Gasteiger partial charge in [-0.25, -0.2) is 9.80 Å². The molecule has 160 valence electrons. The Morgan fingerprint density at radius 2 is 2.07 bits per heavy atom. The van der Waals surface area contributed by atoms with Crippen LogP contribution < -0.4 is 5.32 Å². The van der Waals surface area contributed by atoms with Crippen molar-refractivity contribution in [3.05, 3.63) is 57.8 Å². The van der Waals surface area contributed by atoms with Crippen LogP contribution in [-0.2, 0) is 9.53 Å². The maximum atomic E-state index is 13.3. The Hall–Kier alpha value is -2.71. The number of nitrogens with zero attached hydrogens (tertiary/aromatic N) is 3. The maximum absolute atomic E-state index is 13.3. The molecule has 3 rings (SSSR count). The molecule has 3 amide bonds. The normalized spacial score (nSPS) is 15.8. The Labute approximate surface area is 181 Å². The molecule has 2 aromatic rings. The number of benzene rings is 1. The summed E-state index contributed by atoms with van der Waals surface area (Å²) >= 11 is 1.61. The molecule has 1 aromatic heterocycles. The number of hydrogen-bond donors (Lipinski definition) is 1. The van der Waals surface area contributed by atoms with Gasteiger partial charge in [-0.05, 0) is 30.9 Å². The summed E-state index contributed by atoms with van der Waals surface area (Å²) in [4.78, 5) is 28.2. The van der Waals surface area contributed by atoms with Gasteiger partial charge in [-0.3, -0.25) is 4.79 Å². The number of carbonyl (C=O) groups is 2.